The Morgan fingerprint density at radius 1 is 1.62 bits per heavy atom. The fraction of sp³-hybridized carbons (Fsp3) is 1.00. The quantitative estimate of drug-likeness (QED) is 0.332. The Bertz CT molecular complexity index is 49.7. The van der Waals surface area contributed by atoms with E-state index in [1.807, 2.05) is 20.9 Å². The Kier molecular flexibility index (Phi) is 4.95. The molecule has 0 bridgehead atoms. The first kappa shape index (κ1) is 7.88. The third kappa shape index (κ3) is 4.05. The van der Waals surface area contributed by atoms with Gasteiger partial charge in [0.15, 0.2) is 0 Å². The lowest BCUT2D eigenvalue weighted by molar-refractivity contribution is -0.322. The fourth-order valence-electron chi connectivity index (χ4n) is 0.218. The van der Waals surface area contributed by atoms with Crippen molar-refractivity contribution >= 4 is 0 Å². The molecule has 0 aromatic rings. The maximum atomic E-state index is 4.73. The van der Waals surface area contributed by atoms with Gasteiger partial charge in [-0.1, -0.05) is 0 Å². The number of nitrogens with one attached hydrogen (secondary N) is 1. The molecule has 0 amide bonds. The van der Waals surface area contributed by atoms with E-state index >= 15 is 0 Å². The van der Waals surface area contributed by atoms with Crippen LogP contribution < -0.4 is 5.32 Å². The monoisotopic (exact) mass is 119 g/mol. The third-order valence-electron chi connectivity index (χ3n) is 0.737. The smallest absolute Gasteiger partial charge is 0.140 e. The highest BCUT2D eigenvalue weighted by atomic mass is 17.2. The highest BCUT2D eigenvalue weighted by Crippen LogP contribution is 1.83. The van der Waals surface area contributed by atoms with Crippen molar-refractivity contribution in [2.75, 3.05) is 13.7 Å². The maximum Gasteiger partial charge on any atom is 0.140 e. The Morgan fingerprint density at radius 3 is 2.62 bits per heavy atom. The van der Waals surface area contributed by atoms with Crippen LogP contribution in [-0.2, 0) is 9.78 Å². The molecule has 50 valence electrons. The zero-order chi connectivity index (χ0) is 6.41. The van der Waals surface area contributed by atoms with Crippen molar-refractivity contribution in [2.45, 2.75) is 20.1 Å². The van der Waals surface area contributed by atoms with E-state index in [0.29, 0.717) is 6.61 Å². The van der Waals surface area contributed by atoms with Crippen LogP contribution in [0.4, 0.5) is 0 Å². The Hall–Kier alpha value is -0.120. The minimum Gasteiger partial charge on any atom is -0.293 e. The molecule has 3 nitrogen and oxygen atoms in total. The van der Waals surface area contributed by atoms with Gasteiger partial charge in [0.2, 0.25) is 0 Å². The van der Waals surface area contributed by atoms with Gasteiger partial charge in [0.25, 0.3) is 0 Å². The van der Waals surface area contributed by atoms with Gasteiger partial charge in [-0.25, -0.2) is 9.78 Å². The molecule has 0 radical (unpaired) electrons. The highest BCUT2D eigenvalue weighted by Gasteiger charge is 1.93. The molecule has 0 aromatic carbocycles. The summed E-state index contributed by atoms with van der Waals surface area (Å²) in [5, 5.41) is 2.85. The average Bonchev–Trinajstić information content (AvgIpc) is 1.83. The van der Waals surface area contributed by atoms with Crippen molar-refractivity contribution < 1.29 is 9.78 Å². The number of rotatable bonds is 4. The maximum absolute atomic E-state index is 4.73. The second kappa shape index (κ2) is 5.03. The van der Waals surface area contributed by atoms with E-state index in [1.54, 1.807) is 0 Å². The molecule has 1 atom stereocenters. The fourth-order valence-corrected chi connectivity index (χ4v) is 0.218. The second-order valence-corrected chi connectivity index (χ2v) is 1.43. The van der Waals surface area contributed by atoms with Crippen LogP contribution in [0.15, 0.2) is 0 Å². The van der Waals surface area contributed by atoms with Crippen LogP contribution in [0.25, 0.3) is 0 Å². The van der Waals surface area contributed by atoms with Gasteiger partial charge in [-0.2, -0.15) is 0 Å². The van der Waals surface area contributed by atoms with Crippen LogP contribution in [0.1, 0.15) is 13.8 Å². The predicted molar refractivity (Wildman–Crippen MR) is 31.2 cm³/mol. The summed E-state index contributed by atoms with van der Waals surface area (Å²) in [4.78, 5) is 9.35. The molecule has 0 fully saturated rings. The molecule has 1 unspecified atom stereocenters. The normalized spacial score (nSPS) is 13.9. The lowest BCUT2D eigenvalue weighted by atomic mass is 10.7. The summed E-state index contributed by atoms with van der Waals surface area (Å²) in [6.07, 6.45) is -0.0186. The van der Waals surface area contributed by atoms with Crippen LogP contribution in [0.5, 0.6) is 0 Å². The molecule has 0 aromatic heterocycles. The van der Waals surface area contributed by atoms with Gasteiger partial charge in [-0.15, -0.1) is 0 Å². The van der Waals surface area contributed by atoms with Crippen LogP contribution in [0.3, 0.4) is 0 Å². The first-order valence-electron chi connectivity index (χ1n) is 2.76. The standard InChI is InChI=1S/C5H13NO2/c1-4-7-8-5(2)6-3/h5-6H,4H2,1-3H3. The summed E-state index contributed by atoms with van der Waals surface area (Å²) in [6, 6.07) is 0. The molecule has 0 aliphatic rings. The molecule has 0 heterocycles. The summed E-state index contributed by atoms with van der Waals surface area (Å²) in [7, 11) is 1.81. The van der Waals surface area contributed by atoms with Crippen molar-refractivity contribution in [3.63, 3.8) is 0 Å². The van der Waals surface area contributed by atoms with E-state index in [2.05, 4.69) is 10.2 Å². The van der Waals surface area contributed by atoms with Crippen LogP contribution >= 0.6 is 0 Å². The largest absolute Gasteiger partial charge is 0.293 e. The number of hydrogen-bond donors (Lipinski definition) is 1. The zero-order valence-corrected chi connectivity index (χ0v) is 5.60. The van der Waals surface area contributed by atoms with Crippen LogP contribution in [0, 0.1) is 0 Å². The minimum atomic E-state index is -0.0186. The third-order valence-corrected chi connectivity index (χ3v) is 0.737. The van der Waals surface area contributed by atoms with Gasteiger partial charge in [0, 0.05) is 0 Å². The topological polar surface area (TPSA) is 30.5 Å². The van der Waals surface area contributed by atoms with Crippen molar-refractivity contribution in [3.8, 4) is 0 Å². The van der Waals surface area contributed by atoms with Crippen LogP contribution in [0.2, 0.25) is 0 Å². The molecule has 8 heavy (non-hydrogen) atoms. The minimum absolute atomic E-state index is 0.0186. The first-order valence-corrected chi connectivity index (χ1v) is 2.76. The zero-order valence-electron chi connectivity index (χ0n) is 5.60. The summed E-state index contributed by atoms with van der Waals surface area (Å²) >= 11 is 0. The average molecular weight is 119 g/mol. The van der Waals surface area contributed by atoms with Gasteiger partial charge >= 0.3 is 0 Å². The number of hydrogen-bond acceptors (Lipinski definition) is 3. The second-order valence-electron chi connectivity index (χ2n) is 1.43. The van der Waals surface area contributed by atoms with E-state index in [1.165, 1.54) is 0 Å². The van der Waals surface area contributed by atoms with E-state index in [9.17, 15) is 0 Å². The summed E-state index contributed by atoms with van der Waals surface area (Å²) < 4.78 is 0. The van der Waals surface area contributed by atoms with E-state index in [0.717, 1.165) is 0 Å². The van der Waals surface area contributed by atoms with E-state index in [-0.39, 0.29) is 6.23 Å². The van der Waals surface area contributed by atoms with Crippen molar-refractivity contribution in [1.29, 1.82) is 0 Å². The highest BCUT2D eigenvalue weighted by molar-refractivity contribution is 4.31. The van der Waals surface area contributed by atoms with E-state index in [4.69, 9.17) is 4.89 Å². The molecule has 0 saturated heterocycles. The van der Waals surface area contributed by atoms with Gasteiger partial charge in [-0.05, 0) is 20.9 Å². The van der Waals surface area contributed by atoms with Gasteiger partial charge in [0.1, 0.15) is 6.23 Å². The van der Waals surface area contributed by atoms with Crippen molar-refractivity contribution in [3.05, 3.63) is 0 Å². The predicted octanol–water partition coefficient (Wildman–Crippen LogP) is 0.520. The van der Waals surface area contributed by atoms with Crippen LogP contribution in [-0.4, -0.2) is 19.9 Å². The molecule has 0 saturated carbocycles. The molecule has 3 heteroatoms. The van der Waals surface area contributed by atoms with Crippen molar-refractivity contribution in [1.82, 2.24) is 5.32 Å². The summed E-state index contributed by atoms with van der Waals surface area (Å²) in [5.41, 5.74) is 0. The van der Waals surface area contributed by atoms with Gasteiger partial charge in [-0.3, -0.25) is 5.32 Å². The molecular formula is C5H13NO2. The SMILES string of the molecule is CCOOC(C)NC. The van der Waals surface area contributed by atoms with Gasteiger partial charge < -0.3 is 0 Å². The lowest BCUT2D eigenvalue weighted by Gasteiger charge is -2.07. The molecule has 0 aliphatic carbocycles. The van der Waals surface area contributed by atoms with Crippen molar-refractivity contribution in [2.24, 2.45) is 0 Å². The Morgan fingerprint density at radius 2 is 2.25 bits per heavy atom. The first-order chi connectivity index (χ1) is 3.81. The Labute approximate surface area is 49.9 Å². The lowest BCUT2D eigenvalue weighted by Crippen LogP contribution is -2.24. The summed E-state index contributed by atoms with van der Waals surface area (Å²) in [5.74, 6) is 0. The molecular weight excluding hydrogens is 106 g/mol. The molecule has 1 N–H and O–H groups in total. The van der Waals surface area contributed by atoms with E-state index < -0.39 is 0 Å². The Balaban J connectivity index is 2.86. The summed E-state index contributed by atoms with van der Waals surface area (Å²) in [6.45, 7) is 4.34. The molecule has 0 rings (SSSR count). The molecule has 0 aliphatic heterocycles. The molecule has 0 spiro atoms. The van der Waals surface area contributed by atoms with Gasteiger partial charge in [0.05, 0.1) is 6.61 Å².